The Kier molecular flexibility index (Phi) is 2.90. The maximum absolute atomic E-state index is 11.9. The van der Waals surface area contributed by atoms with Crippen LogP contribution in [0.15, 0.2) is 24.3 Å². The quantitative estimate of drug-likeness (QED) is 0.755. The average molecular weight is 222 g/mol. The Labute approximate surface area is 79.8 Å². The lowest BCUT2D eigenvalue weighted by molar-refractivity contribution is 0.236. The standard InChI is InChI=1S/C7H8F2N2O2S/c8-7(9)14(12,13)11-6-3-1-5(10)2-4-6/h1-4,7,11H,10H2. The minimum atomic E-state index is -4.59. The average Bonchev–Trinajstić information content (AvgIpc) is 2.08. The van der Waals surface area contributed by atoms with Gasteiger partial charge in [-0.05, 0) is 24.3 Å². The van der Waals surface area contributed by atoms with Crippen molar-refractivity contribution in [2.24, 2.45) is 0 Å². The number of hydrogen-bond donors (Lipinski definition) is 2. The first kappa shape index (κ1) is 10.7. The van der Waals surface area contributed by atoms with Crippen LogP contribution in [-0.2, 0) is 10.0 Å². The number of nitrogen functional groups attached to an aromatic ring is 1. The molecule has 3 N–H and O–H groups in total. The van der Waals surface area contributed by atoms with Gasteiger partial charge >= 0.3 is 5.76 Å². The first-order chi connectivity index (χ1) is 6.42. The molecule has 0 bridgehead atoms. The zero-order valence-electron chi connectivity index (χ0n) is 6.94. The van der Waals surface area contributed by atoms with E-state index in [4.69, 9.17) is 5.73 Å². The molecule has 0 saturated heterocycles. The van der Waals surface area contributed by atoms with E-state index >= 15 is 0 Å². The van der Waals surface area contributed by atoms with Crippen LogP contribution in [0.25, 0.3) is 0 Å². The highest BCUT2D eigenvalue weighted by Gasteiger charge is 2.23. The van der Waals surface area contributed by atoms with Crippen LogP contribution in [0.1, 0.15) is 0 Å². The van der Waals surface area contributed by atoms with Gasteiger partial charge in [0.2, 0.25) is 0 Å². The molecule has 0 heterocycles. The molecule has 0 atom stereocenters. The van der Waals surface area contributed by atoms with E-state index in [-0.39, 0.29) is 5.69 Å². The number of hydrogen-bond acceptors (Lipinski definition) is 3. The van der Waals surface area contributed by atoms with Crippen LogP contribution >= 0.6 is 0 Å². The summed E-state index contributed by atoms with van der Waals surface area (Å²) in [5.41, 5.74) is 5.80. The highest BCUT2D eigenvalue weighted by atomic mass is 32.2. The molecule has 0 fully saturated rings. The Balaban J connectivity index is 2.85. The maximum atomic E-state index is 11.9. The molecule has 0 spiro atoms. The van der Waals surface area contributed by atoms with Crippen LogP contribution in [0.4, 0.5) is 20.2 Å². The minimum absolute atomic E-state index is 0.0551. The van der Waals surface area contributed by atoms with Crippen LogP contribution < -0.4 is 10.5 Å². The fourth-order valence-corrected chi connectivity index (χ4v) is 1.31. The number of sulfonamides is 1. The molecular formula is C7H8F2N2O2S. The summed E-state index contributed by atoms with van der Waals surface area (Å²) in [5, 5.41) is 0. The van der Waals surface area contributed by atoms with Crippen molar-refractivity contribution in [1.29, 1.82) is 0 Å². The van der Waals surface area contributed by atoms with Crippen LogP contribution in [0.2, 0.25) is 0 Å². The van der Waals surface area contributed by atoms with Crippen molar-refractivity contribution >= 4 is 21.4 Å². The topological polar surface area (TPSA) is 72.2 Å². The van der Waals surface area contributed by atoms with Gasteiger partial charge in [0.15, 0.2) is 0 Å². The lowest BCUT2D eigenvalue weighted by Crippen LogP contribution is -2.20. The molecule has 0 aliphatic carbocycles. The molecule has 0 unspecified atom stereocenters. The van der Waals surface area contributed by atoms with Gasteiger partial charge in [-0.2, -0.15) is 8.78 Å². The SMILES string of the molecule is Nc1ccc(NS(=O)(=O)C(F)F)cc1. The van der Waals surface area contributed by atoms with Crippen molar-refractivity contribution in [2.45, 2.75) is 5.76 Å². The monoisotopic (exact) mass is 222 g/mol. The second-order valence-electron chi connectivity index (χ2n) is 2.53. The van der Waals surface area contributed by atoms with E-state index < -0.39 is 15.8 Å². The van der Waals surface area contributed by atoms with Gasteiger partial charge in [0.25, 0.3) is 10.0 Å². The number of rotatable bonds is 3. The van der Waals surface area contributed by atoms with Crippen molar-refractivity contribution in [1.82, 2.24) is 0 Å². The Morgan fingerprint density at radius 3 is 2.14 bits per heavy atom. The number of benzene rings is 1. The molecule has 14 heavy (non-hydrogen) atoms. The lowest BCUT2D eigenvalue weighted by atomic mass is 10.3. The van der Waals surface area contributed by atoms with E-state index in [1.165, 1.54) is 24.3 Å². The summed E-state index contributed by atoms with van der Waals surface area (Å²) in [7, 11) is -4.59. The molecule has 7 heteroatoms. The molecule has 0 aliphatic heterocycles. The van der Waals surface area contributed by atoms with E-state index in [0.717, 1.165) is 0 Å². The number of nitrogens with two attached hydrogens (primary N) is 1. The van der Waals surface area contributed by atoms with E-state index in [2.05, 4.69) is 0 Å². The summed E-state index contributed by atoms with van der Waals surface area (Å²) in [6, 6.07) is 5.41. The highest BCUT2D eigenvalue weighted by molar-refractivity contribution is 7.93. The molecule has 0 amide bonds. The third-order valence-electron chi connectivity index (χ3n) is 1.41. The molecule has 0 aromatic heterocycles. The smallest absolute Gasteiger partial charge is 0.355 e. The highest BCUT2D eigenvalue weighted by Crippen LogP contribution is 2.15. The predicted molar refractivity (Wildman–Crippen MR) is 49.4 cm³/mol. The molecule has 1 aromatic carbocycles. The Morgan fingerprint density at radius 1 is 1.21 bits per heavy atom. The normalized spacial score (nSPS) is 11.6. The summed E-state index contributed by atoms with van der Waals surface area (Å²) in [4.78, 5) is 0. The molecule has 78 valence electrons. The van der Waals surface area contributed by atoms with Gasteiger partial charge in [-0.1, -0.05) is 0 Å². The van der Waals surface area contributed by atoms with Crippen LogP contribution in [0, 0.1) is 0 Å². The van der Waals surface area contributed by atoms with Crippen molar-refractivity contribution in [3.63, 3.8) is 0 Å². The number of anilines is 2. The molecule has 0 aliphatic rings. The van der Waals surface area contributed by atoms with Gasteiger partial charge in [-0.3, -0.25) is 4.72 Å². The van der Waals surface area contributed by atoms with E-state index in [1.54, 1.807) is 4.72 Å². The second-order valence-corrected chi connectivity index (χ2v) is 4.18. The minimum Gasteiger partial charge on any atom is -0.399 e. The van der Waals surface area contributed by atoms with Gasteiger partial charge in [-0.25, -0.2) is 8.42 Å². The third kappa shape index (κ3) is 2.56. The van der Waals surface area contributed by atoms with Crippen LogP contribution in [-0.4, -0.2) is 14.2 Å². The summed E-state index contributed by atoms with van der Waals surface area (Å²) < 4.78 is 46.9. The Morgan fingerprint density at radius 2 is 1.71 bits per heavy atom. The zero-order valence-corrected chi connectivity index (χ0v) is 7.76. The molecule has 1 rings (SSSR count). The van der Waals surface area contributed by atoms with Crippen LogP contribution in [0.5, 0.6) is 0 Å². The summed E-state index contributed by atoms with van der Waals surface area (Å²) in [6.45, 7) is 0. The Bertz CT molecular complexity index is 402. The van der Waals surface area contributed by atoms with Crippen molar-refractivity contribution in [3.05, 3.63) is 24.3 Å². The van der Waals surface area contributed by atoms with E-state index in [9.17, 15) is 17.2 Å². The summed E-state index contributed by atoms with van der Waals surface area (Å²) >= 11 is 0. The fourth-order valence-electron chi connectivity index (χ4n) is 0.760. The maximum Gasteiger partial charge on any atom is 0.355 e. The van der Waals surface area contributed by atoms with E-state index in [0.29, 0.717) is 5.69 Å². The Hall–Kier alpha value is -1.37. The number of alkyl halides is 2. The van der Waals surface area contributed by atoms with Gasteiger partial charge in [0.05, 0.1) is 0 Å². The summed E-state index contributed by atoms with van der Waals surface area (Å²) in [5.74, 6) is -3.44. The predicted octanol–water partition coefficient (Wildman–Crippen LogP) is 1.23. The van der Waals surface area contributed by atoms with Crippen molar-refractivity contribution in [3.8, 4) is 0 Å². The van der Waals surface area contributed by atoms with Gasteiger partial charge < -0.3 is 5.73 Å². The number of nitrogens with one attached hydrogen (secondary N) is 1. The van der Waals surface area contributed by atoms with Crippen LogP contribution in [0.3, 0.4) is 0 Å². The lowest BCUT2D eigenvalue weighted by Gasteiger charge is -2.06. The zero-order chi connectivity index (χ0) is 10.8. The van der Waals surface area contributed by atoms with Crippen molar-refractivity contribution < 1.29 is 17.2 Å². The summed E-state index contributed by atoms with van der Waals surface area (Å²) in [6.07, 6.45) is 0. The van der Waals surface area contributed by atoms with E-state index in [1.807, 2.05) is 0 Å². The fraction of sp³-hybridized carbons (Fsp3) is 0.143. The van der Waals surface area contributed by atoms with Gasteiger partial charge in [0, 0.05) is 11.4 Å². The molecule has 0 radical (unpaired) electrons. The van der Waals surface area contributed by atoms with Gasteiger partial charge in [0.1, 0.15) is 0 Å². The largest absolute Gasteiger partial charge is 0.399 e. The number of halogens is 2. The second kappa shape index (κ2) is 3.79. The van der Waals surface area contributed by atoms with Crippen molar-refractivity contribution in [2.75, 3.05) is 10.5 Å². The molecule has 1 aromatic rings. The first-order valence-electron chi connectivity index (χ1n) is 3.57. The third-order valence-corrected chi connectivity index (χ3v) is 2.39. The van der Waals surface area contributed by atoms with Gasteiger partial charge in [-0.15, -0.1) is 0 Å². The molecule has 0 saturated carbocycles. The molecular weight excluding hydrogens is 214 g/mol. The molecule has 4 nitrogen and oxygen atoms in total. The first-order valence-corrected chi connectivity index (χ1v) is 5.12.